The molecule has 150 valence electrons. The normalized spacial score (nSPS) is 16.7. The van der Waals surface area contributed by atoms with E-state index in [0.29, 0.717) is 12.2 Å². The Morgan fingerprint density at radius 3 is 2.59 bits per heavy atom. The van der Waals surface area contributed by atoms with Crippen molar-refractivity contribution >= 4 is 17.5 Å². The van der Waals surface area contributed by atoms with E-state index in [-0.39, 0.29) is 5.25 Å². The third kappa shape index (κ3) is 4.70. The molecule has 1 saturated carbocycles. The van der Waals surface area contributed by atoms with E-state index >= 15 is 0 Å². The minimum atomic E-state index is -0.00728. The summed E-state index contributed by atoms with van der Waals surface area (Å²) in [6.45, 7) is 0.765. The standard InChI is InChI=1S/C23H25N3O2S/c1-28-19-13-11-18(12-14-19)22-24-25-23(29-21-10-6-5-9-20(21)27)26(22)16-15-17-7-3-2-4-8-17/h2-4,7-8,11-14,21H,5-6,9-10,15-16H2,1H3. The van der Waals surface area contributed by atoms with Gasteiger partial charge in [-0.05, 0) is 49.1 Å². The molecule has 1 heterocycles. The van der Waals surface area contributed by atoms with Gasteiger partial charge in [-0.3, -0.25) is 4.79 Å². The van der Waals surface area contributed by atoms with E-state index in [1.165, 1.54) is 5.56 Å². The molecule has 6 heteroatoms. The maximum Gasteiger partial charge on any atom is 0.192 e. The van der Waals surface area contributed by atoms with E-state index in [0.717, 1.165) is 54.5 Å². The van der Waals surface area contributed by atoms with Crippen LogP contribution in [0.15, 0.2) is 59.8 Å². The minimum Gasteiger partial charge on any atom is -0.497 e. The molecule has 0 saturated heterocycles. The van der Waals surface area contributed by atoms with Gasteiger partial charge in [-0.15, -0.1) is 10.2 Å². The number of benzene rings is 2. The highest BCUT2D eigenvalue weighted by molar-refractivity contribution is 8.00. The Morgan fingerprint density at radius 2 is 1.86 bits per heavy atom. The zero-order valence-corrected chi connectivity index (χ0v) is 17.4. The maximum atomic E-state index is 12.3. The number of aryl methyl sites for hydroxylation is 1. The van der Waals surface area contributed by atoms with Crippen molar-refractivity contribution in [1.29, 1.82) is 0 Å². The number of carbonyl (C=O) groups is 1. The van der Waals surface area contributed by atoms with Gasteiger partial charge in [0.05, 0.1) is 12.4 Å². The summed E-state index contributed by atoms with van der Waals surface area (Å²) in [4.78, 5) is 12.3. The summed E-state index contributed by atoms with van der Waals surface area (Å²) >= 11 is 1.57. The minimum absolute atomic E-state index is 0.00728. The van der Waals surface area contributed by atoms with E-state index < -0.39 is 0 Å². The molecule has 2 aromatic carbocycles. The fourth-order valence-corrected chi connectivity index (χ4v) is 4.80. The number of rotatable bonds is 7. The van der Waals surface area contributed by atoms with Crippen molar-refractivity contribution < 1.29 is 9.53 Å². The molecule has 0 N–H and O–H groups in total. The van der Waals surface area contributed by atoms with Gasteiger partial charge >= 0.3 is 0 Å². The number of nitrogens with zero attached hydrogens (tertiary/aromatic N) is 3. The summed E-state index contributed by atoms with van der Waals surface area (Å²) in [5.41, 5.74) is 2.26. The first-order chi connectivity index (χ1) is 14.2. The van der Waals surface area contributed by atoms with Crippen molar-refractivity contribution in [2.45, 2.75) is 49.1 Å². The average molecular weight is 408 g/mol. The Labute approximate surface area is 175 Å². The van der Waals surface area contributed by atoms with Crippen molar-refractivity contribution in [3.05, 3.63) is 60.2 Å². The number of carbonyl (C=O) groups excluding carboxylic acids is 1. The van der Waals surface area contributed by atoms with Crippen LogP contribution in [0.5, 0.6) is 5.75 Å². The van der Waals surface area contributed by atoms with Gasteiger partial charge in [0, 0.05) is 18.5 Å². The lowest BCUT2D eigenvalue weighted by atomic mass is 9.99. The summed E-state index contributed by atoms with van der Waals surface area (Å²) in [5, 5.41) is 9.77. The van der Waals surface area contributed by atoms with Gasteiger partial charge in [0.2, 0.25) is 0 Å². The fourth-order valence-electron chi connectivity index (χ4n) is 3.62. The Hall–Kier alpha value is -2.60. The Kier molecular flexibility index (Phi) is 6.30. The van der Waals surface area contributed by atoms with E-state index in [1.54, 1.807) is 18.9 Å². The van der Waals surface area contributed by atoms with E-state index in [2.05, 4.69) is 39.0 Å². The SMILES string of the molecule is COc1ccc(-c2nnc(SC3CCCCC3=O)n2CCc2ccccc2)cc1. The zero-order chi connectivity index (χ0) is 20.1. The zero-order valence-electron chi connectivity index (χ0n) is 16.6. The molecule has 4 rings (SSSR count). The van der Waals surface area contributed by atoms with Gasteiger partial charge in [0.1, 0.15) is 11.5 Å². The number of Topliss-reactive ketones (excluding diaryl/α,β-unsaturated/α-hetero) is 1. The molecule has 5 nitrogen and oxygen atoms in total. The molecular formula is C23H25N3O2S. The molecule has 1 fully saturated rings. The summed E-state index contributed by atoms with van der Waals surface area (Å²) < 4.78 is 7.43. The van der Waals surface area contributed by atoms with Crippen LogP contribution in [-0.2, 0) is 17.8 Å². The fraction of sp³-hybridized carbons (Fsp3) is 0.348. The van der Waals surface area contributed by atoms with Crippen LogP contribution in [0.1, 0.15) is 31.2 Å². The highest BCUT2D eigenvalue weighted by Crippen LogP contribution is 2.33. The van der Waals surface area contributed by atoms with Gasteiger partial charge in [-0.1, -0.05) is 48.5 Å². The first-order valence-corrected chi connectivity index (χ1v) is 10.9. The molecule has 1 aliphatic rings. The molecule has 0 radical (unpaired) electrons. The summed E-state index contributed by atoms with van der Waals surface area (Å²) in [5.74, 6) is 1.98. The van der Waals surface area contributed by atoms with E-state index in [1.807, 2.05) is 30.3 Å². The Bertz CT molecular complexity index is 954. The molecule has 1 aliphatic carbocycles. The molecular weight excluding hydrogens is 382 g/mol. The van der Waals surface area contributed by atoms with Gasteiger partial charge in [0.15, 0.2) is 11.0 Å². The third-order valence-corrected chi connectivity index (χ3v) is 6.57. The first kappa shape index (κ1) is 19.7. The smallest absolute Gasteiger partial charge is 0.192 e. The number of methoxy groups -OCH3 is 1. The van der Waals surface area contributed by atoms with Crippen molar-refractivity contribution in [2.75, 3.05) is 7.11 Å². The monoisotopic (exact) mass is 407 g/mol. The van der Waals surface area contributed by atoms with Crippen LogP contribution in [0, 0.1) is 0 Å². The topological polar surface area (TPSA) is 57.0 Å². The van der Waals surface area contributed by atoms with E-state index in [9.17, 15) is 4.79 Å². The first-order valence-electron chi connectivity index (χ1n) is 10.1. The van der Waals surface area contributed by atoms with Gasteiger partial charge in [0.25, 0.3) is 0 Å². The predicted octanol–water partition coefficient (Wildman–Crippen LogP) is 4.80. The second-order valence-electron chi connectivity index (χ2n) is 7.24. The largest absolute Gasteiger partial charge is 0.497 e. The highest BCUT2D eigenvalue weighted by Gasteiger charge is 2.26. The Morgan fingerprint density at radius 1 is 1.07 bits per heavy atom. The highest BCUT2D eigenvalue weighted by atomic mass is 32.2. The van der Waals surface area contributed by atoms with Crippen LogP contribution < -0.4 is 4.74 Å². The summed E-state index contributed by atoms with van der Waals surface area (Å²) in [6.07, 6.45) is 4.60. The van der Waals surface area contributed by atoms with Crippen molar-refractivity contribution in [1.82, 2.24) is 14.8 Å². The number of aromatic nitrogens is 3. The van der Waals surface area contributed by atoms with Crippen LogP contribution in [-0.4, -0.2) is 32.9 Å². The lowest BCUT2D eigenvalue weighted by molar-refractivity contribution is -0.119. The molecule has 0 bridgehead atoms. The lowest BCUT2D eigenvalue weighted by Gasteiger charge is -2.20. The third-order valence-electron chi connectivity index (χ3n) is 5.28. The summed E-state index contributed by atoms with van der Waals surface area (Å²) in [6, 6.07) is 18.3. The molecule has 1 atom stereocenters. The van der Waals surface area contributed by atoms with Gasteiger partial charge in [-0.2, -0.15) is 0 Å². The number of hydrogen-bond donors (Lipinski definition) is 0. The number of ether oxygens (including phenoxy) is 1. The molecule has 0 aliphatic heterocycles. The molecule has 1 aromatic heterocycles. The van der Waals surface area contributed by atoms with Gasteiger partial charge < -0.3 is 9.30 Å². The van der Waals surface area contributed by atoms with Crippen LogP contribution in [0.3, 0.4) is 0 Å². The van der Waals surface area contributed by atoms with Crippen LogP contribution in [0.4, 0.5) is 0 Å². The maximum absolute atomic E-state index is 12.3. The van der Waals surface area contributed by atoms with E-state index in [4.69, 9.17) is 4.74 Å². The molecule has 29 heavy (non-hydrogen) atoms. The second-order valence-corrected chi connectivity index (χ2v) is 8.41. The Balaban J connectivity index is 1.62. The number of thioether (sulfide) groups is 1. The number of hydrogen-bond acceptors (Lipinski definition) is 5. The second kappa shape index (κ2) is 9.27. The summed E-state index contributed by atoms with van der Waals surface area (Å²) in [7, 11) is 1.66. The number of ketones is 1. The predicted molar refractivity (Wildman–Crippen MR) is 115 cm³/mol. The quantitative estimate of drug-likeness (QED) is 0.563. The lowest BCUT2D eigenvalue weighted by Crippen LogP contribution is -2.22. The molecule has 1 unspecified atom stereocenters. The van der Waals surface area contributed by atoms with Crippen molar-refractivity contribution in [3.63, 3.8) is 0 Å². The average Bonchev–Trinajstić information content (AvgIpc) is 3.17. The molecule has 3 aromatic rings. The van der Waals surface area contributed by atoms with Gasteiger partial charge in [-0.25, -0.2) is 0 Å². The molecule has 0 amide bonds. The van der Waals surface area contributed by atoms with Crippen LogP contribution in [0.2, 0.25) is 0 Å². The molecule has 0 spiro atoms. The van der Waals surface area contributed by atoms with Crippen LogP contribution in [0.25, 0.3) is 11.4 Å². The van der Waals surface area contributed by atoms with Crippen molar-refractivity contribution in [2.24, 2.45) is 0 Å². The van der Waals surface area contributed by atoms with Crippen LogP contribution >= 0.6 is 11.8 Å². The van der Waals surface area contributed by atoms with Crippen molar-refractivity contribution in [3.8, 4) is 17.1 Å².